The van der Waals surface area contributed by atoms with E-state index in [-0.39, 0.29) is 5.56 Å². The Labute approximate surface area is 129 Å². The zero-order chi connectivity index (χ0) is 16.3. The van der Waals surface area contributed by atoms with Crippen molar-refractivity contribution in [3.63, 3.8) is 0 Å². The summed E-state index contributed by atoms with van der Waals surface area (Å²) in [5, 5.41) is 0. The molecule has 1 atom stereocenters. The van der Waals surface area contributed by atoms with Crippen molar-refractivity contribution in [3.8, 4) is 0 Å². The average Bonchev–Trinajstić information content (AvgIpc) is 2.42. The van der Waals surface area contributed by atoms with Gasteiger partial charge < -0.3 is 0 Å². The van der Waals surface area contributed by atoms with Gasteiger partial charge in [-0.15, -0.1) is 0 Å². The predicted molar refractivity (Wildman–Crippen MR) is 75.6 cm³/mol. The van der Waals surface area contributed by atoms with Crippen LogP contribution in [0.2, 0.25) is 0 Å². The summed E-state index contributed by atoms with van der Waals surface area (Å²) < 4.78 is 54.8. The fourth-order valence-corrected chi connectivity index (χ4v) is 2.83. The second-order valence-corrected chi connectivity index (χ2v) is 5.89. The molecule has 0 aliphatic heterocycles. The van der Waals surface area contributed by atoms with Crippen molar-refractivity contribution in [3.05, 3.63) is 53.9 Å². The van der Waals surface area contributed by atoms with E-state index >= 15 is 0 Å². The maximum Gasteiger partial charge on any atom is 0.408 e. The topological polar surface area (TPSA) is 29.0 Å². The molecular weight excluding hydrogens is 318 g/mol. The van der Waals surface area contributed by atoms with Gasteiger partial charge in [-0.3, -0.25) is 0 Å². The van der Waals surface area contributed by atoms with Crippen LogP contribution < -0.4 is 0 Å². The fraction of sp³-hybridized carbons (Fsp3) is 0.286. The summed E-state index contributed by atoms with van der Waals surface area (Å²) >= 11 is 0.849. The van der Waals surface area contributed by atoms with Gasteiger partial charge >= 0.3 is 6.18 Å². The van der Waals surface area contributed by atoms with E-state index in [0.29, 0.717) is 10.5 Å². The number of hydrogen-bond donors (Lipinski definition) is 0. The van der Waals surface area contributed by atoms with Crippen LogP contribution in [0.15, 0.2) is 41.8 Å². The third-order valence-corrected chi connectivity index (χ3v) is 3.89. The monoisotopic (exact) mass is 331 g/mol. The highest BCUT2D eigenvalue weighted by Gasteiger charge is 2.44. The molecule has 0 bridgehead atoms. The van der Waals surface area contributed by atoms with Gasteiger partial charge in [0.2, 0.25) is 0 Å². The maximum absolute atomic E-state index is 13.6. The molecule has 2 aromatic rings. The van der Waals surface area contributed by atoms with Crippen LogP contribution in [0, 0.1) is 12.7 Å². The number of aryl methyl sites for hydroxylation is 1. The van der Waals surface area contributed by atoms with Crippen LogP contribution in [0.4, 0.5) is 17.6 Å². The molecule has 0 saturated carbocycles. The van der Waals surface area contributed by atoms with Crippen molar-refractivity contribution in [2.75, 3.05) is 7.05 Å². The molecule has 0 N–H and O–H groups in total. The number of hydrogen-bond acceptors (Lipinski definition) is 4. The molecule has 0 saturated heterocycles. The molecule has 0 aliphatic rings. The number of alkyl halides is 3. The van der Waals surface area contributed by atoms with Gasteiger partial charge in [-0.1, -0.05) is 12.1 Å². The van der Waals surface area contributed by atoms with Gasteiger partial charge in [-0.2, -0.15) is 13.2 Å². The SMILES string of the molecule is Cc1ccc(C(N(C)Sc2cncnc2)C(F)(F)F)cc1F. The first-order valence-corrected chi connectivity index (χ1v) is 7.05. The highest BCUT2D eigenvalue weighted by Crippen LogP contribution is 2.41. The lowest BCUT2D eigenvalue weighted by Gasteiger charge is -2.29. The van der Waals surface area contributed by atoms with Crippen LogP contribution in [-0.4, -0.2) is 27.5 Å². The second kappa shape index (κ2) is 6.62. The van der Waals surface area contributed by atoms with Gasteiger partial charge in [-0.05, 0) is 43.1 Å². The highest BCUT2D eigenvalue weighted by atomic mass is 32.2. The molecule has 0 spiro atoms. The summed E-state index contributed by atoms with van der Waals surface area (Å²) in [6, 6.07) is 1.61. The quantitative estimate of drug-likeness (QED) is 0.621. The number of benzene rings is 1. The van der Waals surface area contributed by atoms with E-state index in [1.807, 2.05) is 0 Å². The normalized spacial score (nSPS) is 13.4. The minimum atomic E-state index is -4.54. The standard InChI is InChI=1S/C14H13F4N3S/c1-9-3-4-10(5-12(9)15)13(14(16,17)18)21(2)22-11-6-19-8-20-7-11/h3-8,13H,1-2H3. The summed E-state index contributed by atoms with van der Waals surface area (Å²) in [7, 11) is 1.30. The molecule has 118 valence electrons. The van der Waals surface area contributed by atoms with Crippen LogP contribution in [0.3, 0.4) is 0 Å². The minimum absolute atomic E-state index is 0.151. The van der Waals surface area contributed by atoms with E-state index in [1.165, 1.54) is 44.8 Å². The summed E-state index contributed by atoms with van der Waals surface area (Å²) in [4.78, 5) is 7.98. The third-order valence-electron chi connectivity index (χ3n) is 2.97. The maximum atomic E-state index is 13.6. The van der Waals surface area contributed by atoms with Gasteiger partial charge in [0.05, 0.1) is 4.90 Å². The molecule has 1 aromatic heterocycles. The average molecular weight is 331 g/mol. The third kappa shape index (κ3) is 3.95. The Morgan fingerprint density at radius 1 is 1.18 bits per heavy atom. The molecule has 22 heavy (non-hydrogen) atoms. The molecular formula is C14H13F4N3S. The van der Waals surface area contributed by atoms with Crippen LogP contribution in [0.25, 0.3) is 0 Å². The smallest absolute Gasteiger partial charge is 0.244 e. The summed E-state index contributed by atoms with van der Waals surface area (Å²) in [6.07, 6.45) is -0.422. The largest absolute Gasteiger partial charge is 0.408 e. The van der Waals surface area contributed by atoms with Crippen molar-refractivity contribution in [1.82, 2.24) is 14.3 Å². The molecule has 0 fully saturated rings. The van der Waals surface area contributed by atoms with Gasteiger partial charge in [0.15, 0.2) is 0 Å². The summed E-state index contributed by atoms with van der Waals surface area (Å²) in [5.74, 6) is -0.659. The lowest BCUT2D eigenvalue weighted by molar-refractivity contribution is -0.170. The van der Waals surface area contributed by atoms with E-state index in [4.69, 9.17) is 0 Å². The molecule has 8 heteroatoms. The molecule has 2 rings (SSSR count). The van der Waals surface area contributed by atoms with E-state index < -0.39 is 18.0 Å². The van der Waals surface area contributed by atoms with Gasteiger partial charge in [0.1, 0.15) is 18.2 Å². The zero-order valence-corrected chi connectivity index (χ0v) is 12.6. The van der Waals surface area contributed by atoms with Crippen LogP contribution in [0.5, 0.6) is 0 Å². The number of nitrogens with zero attached hydrogens (tertiary/aromatic N) is 3. The molecule has 1 unspecified atom stereocenters. The Hall–Kier alpha value is -1.67. The number of rotatable bonds is 4. The Kier molecular flexibility index (Phi) is 5.02. The minimum Gasteiger partial charge on any atom is -0.244 e. The molecule has 1 aromatic carbocycles. The Bertz CT molecular complexity index is 634. The van der Waals surface area contributed by atoms with Crippen LogP contribution in [0.1, 0.15) is 17.2 Å². The first kappa shape index (κ1) is 16.7. The van der Waals surface area contributed by atoms with Crippen LogP contribution in [-0.2, 0) is 0 Å². The zero-order valence-electron chi connectivity index (χ0n) is 11.8. The van der Waals surface area contributed by atoms with Gasteiger partial charge in [0, 0.05) is 12.4 Å². The molecule has 0 radical (unpaired) electrons. The Morgan fingerprint density at radius 2 is 1.82 bits per heavy atom. The van der Waals surface area contributed by atoms with Crippen molar-refractivity contribution in [2.24, 2.45) is 0 Å². The molecule has 1 heterocycles. The summed E-state index contributed by atoms with van der Waals surface area (Å²) in [5.41, 5.74) is 0.152. The lowest BCUT2D eigenvalue weighted by Crippen LogP contribution is -2.32. The van der Waals surface area contributed by atoms with Gasteiger partial charge in [-0.25, -0.2) is 18.7 Å². The lowest BCUT2D eigenvalue weighted by atomic mass is 10.0. The first-order valence-electron chi connectivity index (χ1n) is 6.27. The van der Waals surface area contributed by atoms with Crippen molar-refractivity contribution in [1.29, 1.82) is 0 Å². The molecule has 0 amide bonds. The number of halogens is 4. The molecule has 0 aliphatic carbocycles. The van der Waals surface area contributed by atoms with E-state index in [9.17, 15) is 17.6 Å². The number of aromatic nitrogens is 2. The van der Waals surface area contributed by atoms with Crippen molar-refractivity contribution in [2.45, 2.75) is 24.0 Å². The predicted octanol–water partition coefficient (Wildman–Crippen LogP) is 4.17. The van der Waals surface area contributed by atoms with Crippen molar-refractivity contribution >= 4 is 11.9 Å². The van der Waals surface area contributed by atoms with E-state index in [0.717, 1.165) is 22.3 Å². The Morgan fingerprint density at radius 3 is 2.36 bits per heavy atom. The first-order chi connectivity index (χ1) is 10.3. The van der Waals surface area contributed by atoms with Crippen LogP contribution >= 0.6 is 11.9 Å². The second-order valence-electron chi connectivity index (χ2n) is 4.66. The van der Waals surface area contributed by atoms with E-state index in [1.54, 1.807) is 0 Å². The fourth-order valence-electron chi connectivity index (χ4n) is 1.94. The summed E-state index contributed by atoms with van der Waals surface area (Å²) in [6.45, 7) is 1.50. The molecule has 3 nitrogen and oxygen atoms in total. The van der Waals surface area contributed by atoms with Crippen molar-refractivity contribution < 1.29 is 17.6 Å². The highest BCUT2D eigenvalue weighted by molar-refractivity contribution is 7.97. The Balaban J connectivity index is 2.31. The van der Waals surface area contributed by atoms with Gasteiger partial charge in [0.25, 0.3) is 0 Å². The van der Waals surface area contributed by atoms with E-state index in [2.05, 4.69) is 9.97 Å².